The molecule has 9 heteroatoms. The lowest BCUT2D eigenvalue weighted by Crippen LogP contribution is -2.16. The Labute approximate surface area is 150 Å². The number of esters is 1. The summed E-state index contributed by atoms with van der Waals surface area (Å²) in [6.07, 6.45) is 0. The minimum absolute atomic E-state index is 0.0375. The quantitative estimate of drug-likeness (QED) is 0.578. The van der Waals surface area contributed by atoms with Gasteiger partial charge >= 0.3 is 5.97 Å². The third-order valence-electron chi connectivity index (χ3n) is 3.12. The van der Waals surface area contributed by atoms with Gasteiger partial charge in [0.15, 0.2) is 0 Å². The molecular formula is C16H16ClNO6S. The molecule has 0 saturated carbocycles. The lowest BCUT2D eigenvalue weighted by atomic mass is 10.2. The minimum atomic E-state index is -3.95. The maximum atomic E-state index is 12.1. The predicted molar refractivity (Wildman–Crippen MR) is 91.6 cm³/mol. The zero-order valence-electron chi connectivity index (χ0n) is 13.3. The van der Waals surface area contributed by atoms with Crippen LogP contribution in [0.5, 0.6) is 11.5 Å². The number of rotatable bonds is 7. The molecule has 0 aliphatic heterocycles. The van der Waals surface area contributed by atoms with E-state index in [1.165, 1.54) is 19.2 Å². The molecule has 0 spiro atoms. The second-order valence-corrected chi connectivity index (χ2v) is 6.84. The van der Waals surface area contributed by atoms with Crippen LogP contribution in [-0.4, -0.2) is 34.7 Å². The second-order valence-electron chi connectivity index (χ2n) is 4.85. The minimum Gasteiger partial charge on any atom is -0.496 e. The van der Waals surface area contributed by atoms with Crippen LogP contribution in [-0.2, 0) is 14.8 Å². The highest BCUT2D eigenvalue weighted by Crippen LogP contribution is 2.23. The van der Waals surface area contributed by atoms with Crippen molar-refractivity contribution < 1.29 is 27.4 Å². The van der Waals surface area contributed by atoms with E-state index in [1.54, 1.807) is 24.3 Å². The molecule has 0 bridgehead atoms. The molecule has 0 aromatic heterocycles. The van der Waals surface area contributed by atoms with Crippen molar-refractivity contribution in [1.82, 2.24) is 0 Å². The molecule has 0 aliphatic rings. The van der Waals surface area contributed by atoms with Gasteiger partial charge in [-0.1, -0.05) is 11.6 Å². The molecule has 2 rings (SSSR count). The summed E-state index contributed by atoms with van der Waals surface area (Å²) in [7, 11) is -2.59. The van der Waals surface area contributed by atoms with E-state index >= 15 is 0 Å². The van der Waals surface area contributed by atoms with Crippen LogP contribution >= 0.6 is 11.6 Å². The van der Waals surface area contributed by atoms with Gasteiger partial charge in [0.05, 0.1) is 12.0 Å². The number of nitrogens with two attached hydrogens (primary N) is 1. The molecule has 0 fully saturated rings. The molecule has 2 aromatic rings. The molecule has 25 heavy (non-hydrogen) atoms. The molecular weight excluding hydrogens is 370 g/mol. The van der Waals surface area contributed by atoms with Crippen LogP contribution in [0.25, 0.3) is 0 Å². The molecule has 0 aliphatic carbocycles. The molecule has 0 unspecified atom stereocenters. The Balaban J connectivity index is 1.99. The van der Waals surface area contributed by atoms with Crippen molar-refractivity contribution in [2.24, 2.45) is 5.14 Å². The predicted octanol–water partition coefficient (Wildman–Crippen LogP) is 2.23. The fraction of sp³-hybridized carbons (Fsp3) is 0.188. The Morgan fingerprint density at radius 2 is 1.80 bits per heavy atom. The van der Waals surface area contributed by atoms with E-state index in [0.29, 0.717) is 10.8 Å². The first-order chi connectivity index (χ1) is 11.8. The summed E-state index contributed by atoms with van der Waals surface area (Å²) in [5.74, 6) is 0.00678. The average molecular weight is 386 g/mol. The lowest BCUT2D eigenvalue weighted by molar-refractivity contribution is 0.0446. The first-order valence-electron chi connectivity index (χ1n) is 7.07. The summed E-state index contributed by atoms with van der Waals surface area (Å²) in [4.78, 5) is 11.9. The molecule has 2 aromatic carbocycles. The lowest BCUT2D eigenvalue weighted by Gasteiger charge is -2.11. The number of sulfonamides is 1. The Bertz CT molecular complexity index is 851. The molecule has 0 atom stereocenters. The molecule has 0 saturated heterocycles. The van der Waals surface area contributed by atoms with E-state index in [-0.39, 0.29) is 29.4 Å². The van der Waals surface area contributed by atoms with Gasteiger partial charge in [-0.05, 0) is 42.5 Å². The van der Waals surface area contributed by atoms with Crippen molar-refractivity contribution >= 4 is 27.6 Å². The topological polar surface area (TPSA) is 105 Å². The van der Waals surface area contributed by atoms with Crippen LogP contribution < -0.4 is 14.6 Å². The number of hydrogen-bond donors (Lipinski definition) is 1. The van der Waals surface area contributed by atoms with Gasteiger partial charge in [-0.25, -0.2) is 18.4 Å². The van der Waals surface area contributed by atoms with E-state index in [4.69, 9.17) is 31.0 Å². The highest BCUT2D eigenvalue weighted by atomic mass is 35.5. The summed E-state index contributed by atoms with van der Waals surface area (Å²) >= 11 is 5.77. The van der Waals surface area contributed by atoms with E-state index in [2.05, 4.69) is 0 Å². The van der Waals surface area contributed by atoms with Gasteiger partial charge in [-0.3, -0.25) is 0 Å². The van der Waals surface area contributed by atoms with Gasteiger partial charge in [0.1, 0.15) is 30.3 Å². The van der Waals surface area contributed by atoms with Gasteiger partial charge in [0, 0.05) is 5.02 Å². The van der Waals surface area contributed by atoms with Gasteiger partial charge in [-0.15, -0.1) is 0 Å². The number of carbonyl (C=O) groups excluding carboxylic acids is 1. The number of primary sulfonamides is 1. The van der Waals surface area contributed by atoms with Crippen molar-refractivity contribution in [3.8, 4) is 11.5 Å². The third kappa shape index (κ3) is 5.35. The fourth-order valence-electron chi connectivity index (χ4n) is 1.93. The number of ether oxygens (including phenoxy) is 3. The average Bonchev–Trinajstić information content (AvgIpc) is 2.58. The van der Waals surface area contributed by atoms with E-state index < -0.39 is 16.0 Å². The van der Waals surface area contributed by atoms with Crippen LogP contribution in [0, 0.1) is 0 Å². The van der Waals surface area contributed by atoms with Crippen molar-refractivity contribution in [2.75, 3.05) is 20.3 Å². The van der Waals surface area contributed by atoms with Crippen LogP contribution in [0.1, 0.15) is 10.4 Å². The highest BCUT2D eigenvalue weighted by Gasteiger charge is 2.18. The first kappa shape index (κ1) is 19.0. The third-order valence-corrected chi connectivity index (χ3v) is 4.28. The monoisotopic (exact) mass is 385 g/mol. The van der Waals surface area contributed by atoms with Crippen molar-refractivity contribution in [1.29, 1.82) is 0 Å². The largest absolute Gasteiger partial charge is 0.496 e. The summed E-state index contributed by atoms with van der Waals surface area (Å²) in [5, 5.41) is 5.65. The SMILES string of the molecule is COc1ccc(S(N)(=O)=O)cc1C(=O)OCCOc1ccc(Cl)cc1. The zero-order valence-corrected chi connectivity index (χ0v) is 14.8. The van der Waals surface area contributed by atoms with E-state index in [9.17, 15) is 13.2 Å². The van der Waals surface area contributed by atoms with Gasteiger partial charge in [-0.2, -0.15) is 0 Å². The first-order valence-corrected chi connectivity index (χ1v) is 9.00. The zero-order chi connectivity index (χ0) is 18.4. The molecule has 0 amide bonds. The Morgan fingerprint density at radius 3 is 2.40 bits per heavy atom. The second kappa shape index (κ2) is 8.19. The number of benzene rings is 2. The van der Waals surface area contributed by atoms with Gasteiger partial charge < -0.3 is 14.2 Å². The molecule has 7 nitrogen and oxygen atoms in total. The van der Waals surface area contributed by atoms with Gasteiger partial charge in [0.25, 0.3) is 0 Å². The number of hydrogen-bond acceptors (Lipinski definition) is 6. The fourth-order valence-corrected chi connectivity index (χ4v) is 2.59. The summed E-state index contributed by atoms with van der Waals surface area (Å²) in [6, 6.07) is 10.4. The van der Waals surface area contributed by atoms with Crippen LogP contribution in [0.15, 0.2) is 47.4 Å². The molecule has 0 heterocycles. The molecule has 2 N–H and O–H groups in total. The Morgan fingerprint density at radius 1 is 1.12 bits per heavy atom. The highest BCUT2D eigenvalue weighted by molar-refractivity contribution is 7.89. The number of carbonyl (C=O) groups is 1. The maximum absolute atomic E-state index is 12.1. The number of methoxy groups -OCH3 is 1. The van der Waals surface area contributed by atoms with E-state index in [0.717, 1.165) is 6.07 Å². The summed E-state index contributed by atoms with van der Waals surface area (Å²) in [6.45, 7) is 0.0782. The normalized spacial score (nSPS) is 11.0. The number of halogens is 1. The summed E-state index contributed by atoms with van der Waals surface area (Å²) in [5.41, 5.74) is -0.0412. The Kier molecular flexibility index (Phi) is 6.24. The van der Waals surface area contributed by atoms with Crippen LogP contribution in [0.3, 0.4) is 0 Å². The summed E-state index contributed by atoms with van der Waals surface area (Å²) < 4.78 is 38.3. The molecule has 0 radical (unpaired) electrons. The van der Waals surface area contributed by atoms with Crippen molar-refractivity contribution in [3.05, 3.63) is 53.1 Å². The Hall–Kier alpha value is -2.29. The van der Waals surface area contributed by atoms with Crippen molar-refractivity contribution in [2.45, 2.75) is 4.90 Å². The maximum Gasteiger partial charge on any atom is 0.342 e. The van der Waals surface area contributed by atoms with Gasteiger partial charge in [0.2, 0.25) is 10.0 Å². The standard InChI is InChI=1S/C16H16ClNO6S/c1-22-15-7-6-13(25(18,20)21)10-14(15)16(19)24-9-8-23-12-4-2-11(17)3-5-12/h2-7,10H,8-9H2,1H3,(H2,18,20,21). The van der Waals surface area contributed by atoms with Crippen LogP contribution in [0.2, 0.25) is 5.02 Å². The van der Waals surface area contributed by atoms with Crippen molar-refractivity contribution in [3.63, 3.8) is 0 Å². The van der Waals surface area contributed by atoms with E-state index in [1.807, 2.05) is 0 Å². The molecule has 134 valence electrons. The van der Waals surface area contributed by atoms with Crippen LogP contribution in [0.4, 0.5) is 0 Å². The smallest absolute Gasteiger partial charge is 0.342 e.